The van der Waals surface area contributed by atoms with Crippen LogP contribution in [0.1, 0.15) is 242 Å². The summed E-state index contributed by atoms with van der Waals surface area (Å²) in [4.78, 5) is 88.3. The summed E-state index contributed by atoms with van der Waals surface area (Å²) >= 11 is 3.77. The molecule has 10 atom stereocenters. The van der Waals surface area contributed by atoms with Crippen LogP contribution in [0.2, 0.25) is 0 Å². The largest absolute Gasteiger partial charge is 0.463 e. The first-order chi connectivity index (χ1) is 39.5. The zero-order valence-corrected chi connectivity index (χ0v) is 53.4. The number of ether oxygens (including phenoxy) is 11. The zero-order chi connectivity index (χ0) is 60.3. The predicted octanol–water partition coefficient (Wildman–Crippen LogP) is 12.7. The molecule has 82 heavy (non-hydrogen) atoms. The van der Waals surface area contributed by atoms with Crippen LogP contribution in [0.3, 0.4) is 0 Å². The maximum Gasteiger partial charge on any atom is 0.303 e. The maximum atomic E-state index is 13.1. The minimum Gasteiger partial charge on any atom is -0.463 e. The first kappa shape index (κ1) is 74.9. The molecular formula is C62H108O18S2. The van der Waals surface area contributed by atoms with Crippen LogP contribution in [0.25, 0.3) is 0 Å². The van der Waals surface area contributed by atoms with E-state index in [0.717, 1.165) is 70.5 Å². The average Bonchev–Trinajstić information content (AvgIpc) is 3.59. The third kappa shape index (κ3) is 35.3. The summed E-state index contributed by atoms with van der Waals surface area (Å²) in [6, 6.07) is 0. The second kappa shape index (κ2) is 47.0. The smallest absolute Gasteiger partial charge is 0.303 e. The molecule has 2 aliphatic rings. The van der Waals surface area contributed by atoms with E-state index in [0.29, 0.717) is 0 Å². The molecule has 0 bridgehead atoms. The van der Waals surface area contributed by atoms with Gasteiger partial charge in [0.1, 0.15) is 31.5 Å². The SMILES string of the molecule is CCCCCCCCCCCCCCCCSCC(CO[C@@H]1O[C@H](COC(C)=O)[C@@H](O[C@@H]2O[C@H](COC(C)=O)[C@H](OC(C)=O)[C@H](OC(C)=O)[C@H]2OC(C)=O)[C@H](OC(C)=O)[C@H]1OC(C)=O)CSCCCCCCCCCCCCCCCC. The number of esters is 7. The molecule has 20 heteroatoms. The molecule has 2 rings (SSSR count). The van der Waals surface area contributed by atoms with Crippen molar-refractivity contribution in [2.75, 3.05) is 42.8 Å². The number of carbonyl (C=O) groups is 7. The topological polar surface area (TPSA) is 221 Å². The summed E-state index contributed by atoms with van der Waals surface area (Å²) in [7, 11) is 0. The molecule has 0 aromatic rings. The van der Waals surface area contributed by atoms with Gasteiger partial charge in [-0.05, 0) is 35.9 Å². The third-order valence-electron chi connectivity index (χ3n) is 14.4. The monoisotopic (exact) mass is 1200 g/mol. The molecule has 2 heterocycles. The van der Waals surface area contributed by atoms with Gasteiger partial charge < -0.3 is 52.1 Å². The van der Waals surface area contributed by atoms with E-state index in [2.05, 4.69) is 13.8 Å². The normalized spacial score (nSPS) is 22.5. The summed E-state index contributed by atoms with van der Waals surface area (Å²) < 4.78 is 65.2. The van der Waals surface area contributed by atoms with Crippen molar-refractivity contribution in [1.29, 1.82) is 0 Å². The molecular weight excluding hydrogens is 1100 g/mol. The van der Waals surface area contributed by atoms with Gasteiger partial charge in [-0.2, -0.15) is 23.5 Å². The van der Waals surface area contributed by atoms with Crippen LogP contribution in [-0.4, -0.2) is 146 Å². The van der Waals surface area contributed by atoms with Crippen molar-refractivity contribution < 1.29 is 85.7 Å². The molecule has 0 N–H and O–H groups in total. The second-order valence-corrected chi connectivity index (χ2v) is 24.5. The van der Waals surface area contributed by atoms with E-state index in [1.807, 2.05) is 23.5 Å². The van der Waals surface area contributed by atoms with Crippen LogP contribution in [0.4, 0.5) is 0 Å². The summed E-state index contributed by atoms with van der Waals surface area (Å²) in [6.07, 6.45) is 21.1. The molecule has 2 fully saturated rings. The van der Waals surface area contributed by atoms with Gasteiger partial charge in [-0.25, -0.2) is 0 Å². The average molecular weight is 1210 g/mol. The van der Waals surface area contributed by atoms with E-state index in [9.17, 15) is 33.6 Å². The highest BCUT2D eigenvalue weighted by Crippen LogP contribution is 2.36. The van der Waals surface area contributed by atoms with Gasteiger partial charge in [-0.3, -0.25) is 33.6 Å². The lowest BCUT2D eigenvalue weighted by molar-refractivity contribution is -0.361. The molecule has 0 aromatic carbocycles. The highest BCUT2D eigenvalue weighted by Gasteiger charge is 2.57. The molecule has 18 nitrogen and oxygen atoms in total. The molecule has 0 aromatic heterocycles. The molecule has 0 amide bonds. The van der Waals surface area contributed by atoms with Gasteiger partial charge in [-0.15, -0.1) is 0 Å². The van der Waals surface area contributed by atoms with E-state index >= 15 is 0 Å². The van der Waals surface area contributed by atoms with Crippen LogP contribution in [0, 0.1) is 5.92 Å². The Labute approximate surface area is 501 Å². The van der Waals surface area contributed by atoms with Crippen LogP contribution < -0.4 is 0 Å². The molecule has 0 radical (unpaired) electrons. The van der Waals surface area contributed by atoms with Gasteiger partial charge in [0, 0.05) is 54.4 Å². The fraction of sp³-hybridized carbons (Fsp3) is 0.887. The number of carbonyl (C=O) groups excluding carboxylic acids is 7. The van der Waals surface area contributed by atoms with E-state index < -0.39 is 116 Å². The van der Waals surface area contributed by atoms with Crippen molar-refractivity contribution >= 4 is 65.3 Å². The lowest BCUT2D eigenvalue weighted by atomic mass is 9.96. The van der Waals surface area contributed by atoms with Gasteiger partial charge in [0.15, 0.2) is 43.1 Å². The first-order valence-electron chi connectivity index (χ1n) is 31.3. The van der Waals surface area contributed by atoms with Crippen LogP contribution in [-0.2, 0) is 85.7 Å². The van der Waals surface area contributed by atoms with Gasteiger partial charge >= 0.3 is 41.8 Å². The fourth-order valence-corrected chi connectivity index (χ4v) is 12.7. The third-order valence-corrected chi connectivity index (χ3v) is 16.9. The minimum absolute atomic E-state index is 0.0422. The molecule has 0 saturated carbocycles. The molecule has 0 spiro atoms. The Hall–Kier alpha value is -3.17. The highest BCUT2D eigenvalue weighted by molar-refractivity contribution is 8.00. The van der Waals surface area contributed by atoms with Gasteiger partial charge in [-0.1, -0.05) is 181 Å². The second-order valence-electron chi connectivity index (χ2n) is 22.2. The molecule has 0 unspecified atom stereocenters. The van der Waals surface area contributed by atoms with Gasteiger partial charge in [0.2, 0.25) is 0 Å². The van der Waals surface area contributed by atoms with E-state index in [4.69, 9.17) is 52.1 Å². The summed E-state index contributed by atoms with van der Waals surface area (Å²) in [5, 5.41) is 0. The summed E-state index contributed by atoms with van der Waals surface area (Å²) in [5.74, 6) is -1.94. The van der Waals surface area contributed by atoms with Gasteiger partial charge in [0.05, 0.1) is 6.61 Å². The molecule has 2 aliphatic heterocycles. The Morgan fingerprint density at radius 2 is 0.646 bits per heavy atom. The van der Waals surface area contributed by atoms with Crippen molar-refractivity contribution in [3.05, 3.63) is 0 Å². The van der Waals surface area contributed by atoms with Crippen LogP contribution in [0.5, 0.6) is 0 Å². The minimum atomic E-state index is -1.78. The Kier molecular flexibility index (Phi) is 43.0. The van der Waals surface area contributed by atoms with Crippen molar-refractivity contribution in [3.63, 3.8) is 0 Å². The quantitative estimate of drug-likeness (QED) is 0.0314. The Morgan fingerprint density at radius 1 is 0.354 bits per heavy atom. The van der Waals surface area contributed by atoms with Crippen molar-refractivity contribution in [3.8, 4) is 0 Å². The standard InChI is InChI=1S/C62H108O18S2/c1-10-12-14-16-18-20-22-24-26-28-30-32-34-36-38-81-43-52(44-82-39-37-35-33-31-29-27-25-23-21-19-17-15-13-11-2)40-72-61-59(76-50(8)68)58(75-49(7)67)56(54(78-61)42-71-46(4)64)80-62-60(77-51(9)69)57(74-48(6)66)55(73-47(5)65)53(79-62)41-70-45(3)63/h52-62H,10-44H2,1-9H3/t53-,54-,55+,56-,57+,58+,59-,60-,61-,62+/m1/s1. The summed E-state index contributed by atoms with van der Waals surface area (Å²) in [5.41, 5.74) is 0. The van der Waals surface area contributed by atoms with Crippen LogP contribution in [0.15, 0.2) is 0 Å². The zero-order valence-electron chi connectivity index (χ0n) is 51.8. The number of hydrogen-bond acceptors (Lipinski definition) is 20. The number of rotatable bonds is 48. The molecule has 2 saturated heterocycles. The lowest BCUT2D eigenvalue weighted by Gasteiger charge is -2.48. The molecule has 476 valence electrons. The number of unbranched alkanes of at least 4 members (excludes halogenated alkanes) is 26. The Morgan fingerprint density at radius 3 is 1.00 bits per heavy atom. The fourth-order valence-electron chi connectivity index (χ4n) is 10.3. The molecule has 0 aliphatic carbocycles. The van der Waals surface area contributed by atoms with Crippen molar-refractivity contribution in [2.45, 2.75) is 304 Å². The summed E-state index contributed by atoms with van der Waals surface area (Å²) in [6.45, 7) is 11.5. The predicted molar refractivity (Wildman–Crippen MR) is 318 cm³/mol. The Balaban J connectivity index is 2.30. The van der Waals surface area contributed by atoms with Crippen molar-refractivity contribution in [2.24, 2.45) is 5.92 Å². The first-order valence-corrected chi connectivity index (χ1v) is 33.6. The lowest BCUT2D eigenvalue weighted by Crippen LogP contribution is -2.67. The van der Waals surface area contributed by atoms with E-state index in [1.165, 1.54) is 181 Å². The van der Waals surface area contributed by atoms with Gasteiger partial charge in [0.25, 0.3) is 0 Å². The highest BCUT2D eigenvalue weighted by atomic mass is 32.2. The number of thioether (sulfide) groups is 2. The van der Waals surface area contributed by atoms with E-state index in [-0.39, 0.29) is 12.5 Å². The van der Waals surface area contributed by atoms with Crippen molar-refractivity contribution in [1.82, 2.24) is 0 Å². The van der Waals surface area contributed by atoms with Crippen LogP contribution >= 0.6 is 23.5 Å². The van der Waals surface area contributed by atoms with E-state index in [1.54, 1.807) is 0 Å². The maximum absolute atomic E-state index is 13.1. The number of hydrogen-bond donors (Lipinski definition) is 0. The Bertz CT molecular complexity index is 1720.